The van der Waals surface area contributed by atoms with E-state index in [9.17, 15) is 27.6 Å². The molecule has 11 heteroatoms. The monoisotopic (exact) mass is 395 g/mol. The Kier molecular flexibility index (Phi) is 4.87. The lowest BCUT2D eigenvalue weighted by atomic mass is 10.2. The third kappa shape index (κ3) is 3.92. The lowest BCUT2D eigenvalue weighted by molar-refractivity contribution is -0.154. The van der Waals surface area contributed by atoms with Gasteiger partial charge in [-0.3, -0.25) is 19.7 Å². The fourth-order valence-corrected chi connectivity index (χ4v) is 3.97. The lowest BCUT2D eigenvalue weighted by Gasteiger charge is -2.17. The van der Waals surface area contributed by atoms with Gasteiger partial charge in [-0.25, -0.2) is 17.5 Å². The number of carbonyl (C=O) groups excluding carboxylic acids is 4. The van der Waals surface area contributed by atoms with Crippen LogP contribution in [0.4, 0.5) is 4.79 Å². The summed E-state index contributed by atoms with van der Waals surface area (Å²) in [6.07, 6.45) is 0.338. The van der Waals surface area contributed by atoms with E-state index < -0.39 is 46.5 Å². The minimum Gasteiger partial charge on any atom is -0.451 e. The summed E-state index contributed by atoms with van der Waals surface area (Å²) in [6.45, 7) is 0.356. The molecule has 1 fully saturated rings. The molecule has 2 aliphatic rings. The first kappa shape index (κ1) is 18.8. The number of rotatable bonds is 5. The second kappa shape index (κ2) is 6.99. The quantitative estimate of drug-likeness (QED) is 0.656. The molecule has 0 spiro atoms. The molecular weight excluding hydrogens is 378 g/mol. The van der Waals surface area contributed by atoms with Crippen molar-refractivity contribution in [2.45, 2.75) is 36.8 Å². The van der Waals surface area contributed by atoms with Crippen LogP contribution < -0.4 is 10.6 Å². The van der Waals surface area contributed by atoms with E-state index in [0.29, 0.717) is 4.31 Å². The van der Waals surface area contributed by atoms with Gasteiger partial charge in [0.15, 0.2) is 6.10 Å². The van der Waals surface area contributed by atoms with E-state index in [0.717, 1.165) is 12.8 Å². The summed E-state index contributed by atoms with van der Waals surface area (Å²) in [5.74, 6) is -2.80. The van der Waals surface area contributed by atoms with Crippen LogP contribution in [0.3, 0.4) is 0 Å². The van der Waals surface area contributed by atoms with Crippen LogP contribution in [-0.4, -0.2) is 55.2 Å². The molecule has 0 aromatic heterocycles. The van der Waals surface area contributed by atoms with Crippen LogP contribution in [0.1, 0.15) is 30.1 Å². The number of esters is 1. The first-order valence-electron chi connectivity index (χ1n) is 8.17. The molecule has 1 aliphatic heterocycles. The van der Waals surface area contributed by atoms with Crippen LogP contribution in [0, 0.1) is 0 Å². The number of amides is 4. The van der Waals surface area contributed by atoms with Crippen LogP contribution in [0.15, 0.2) is 29.2 Å². The summed E-state index contributed by atoms with van der Waals surface area (Å²) in [4.78, 5) is 47.4. The predicted octanol–water partition coefficient (Wildman–Crippen LogP) is -0.249. The van der Waals surface area contributed by atoms with Crippen LogP contribution in [0.25, 0.3) is 0 Å². The van der Waals surface area contributed by atoms with Gasteiger partial charge in [0.25, 0.3) is 21.8 Å². The van der Waals surface area contributed by atoms with Gasteiger partial charge in [-0.15, -0.1) is 0 Å². The summed E-state index contributed by atoms with van der Waals surface area (Å²) >= 11 is 0. The van der Waals surface area contributed by atoms with Crippen LogP contribution in [0.5, 0.6) is 0 Å². The molecule has 2 N–H and O–H groups in total. The first-order valence-corrected chi connectivity index (χ1v) is 9.61. The molecule has 1 aromatic rings. The number of ether oxygens (including phenoxy) is 1. The molecule has 3 rings (SSSR count). The number of carbonyl (C=O) groups is 4. The van der Waals surface area contributed by atoms with Crippen molar-refractivity contribution in [3.8, 4) is 0 Å². The van der Waals surface area contributed by atoms with Crippen molar-refractivity contribution in [3.05, 3.63) is 29.8 Å². The van der Waals surface area contributed by atoms with E-state index in [1.165, 1.54) is 31.2 Å². The van der Waals surface area contributed by atoms with Crippen LogP contribution in [0.2, 0.25) is 0 Å². The average Bonchev–Trinajstić information content (AvgIpc) is 3.39. The maximum atomic E-state index is 12.4. The van der Waals surface area contributed by atoms with Crippen molar-refractivity contribution in [2.75, 3.05) is 6.54 Å². The highest BCUT2D eigenvalue weighted by atomic mass is 32.2. The molecule has 1 aromatic carbocycles. The van der Waals surface area contributed by atoms with Crippen molar-refractivity contribution in [1.29, 1.82) is 0 Å². The van der Waals surface area contributed by atoms with E-state index in [1.807, 2.05) is 5.32 Å². The smallest absolute Gasteiger partial charge is 0.327 e. The Balaban J connectivity index is 1.58. The zero-order chi connectivity index (χ0) is 19.8. The van der Waals surface area contributed by atoms with Gasteiger partial charge in [-0.1, -0.05) is 12.1 Å². The zero-order valence-corrected chi connectivity index (χ0v) is 15.1. The zero-order valence-electron chi connectivity index (χ0n) is 14.3. The van der Waals surface area contributed by atoms with Crippen molar-refractivity contribution in [3.63, 3.8) is 0 Å². The van der Waals surface area contributed by atoms with Gasteiger partial charge < -0.3 is 10.1 Å². The van der Waals surface area contributed by atoms with Gasteiger partial charge in [0, 0.05) is 6.04 Å². The Morgan fingerprint density at radius 1 is 1.26 bits per heavy atom. The van der Waals surface area contributed by atoms with Crippen molar-refractivity contribution in [2.24, 2.45) is 0 Å². The molecule has 0 radical (unpaired) electrons. The van der Waals surface area contributed by atoms with E-state index in [2.05, 4.69) is 5.32 Å². The third-order valence-corrected chi connectivity index (χ3v) is 5.80. The maximum Gasteiger partial charge on any atom is 0.327 e. The number of fused-ring (bicyclic) bond motifs is 1. The minimum atomic E-state index is -4.15. The number of hydrogen-bond acceptors (Lipinski definition) is 7. The fraction of sp³-hybridized carbons (Fsp3) is 0.375. The number of urea groups is 1. The average molecular weight is 395 g/mol. The number of benzene rings is 1. The van der Waals surface area contributed by atoms with Gasteiger partial charge in [-0.2, -0.15) is 0 Å². The molecule has 0 saturated heterocycles. The second-order valence-corrected chi connectivity index (χ2v) is 8.01. The summed E-state index contributed by atoms with van der Waals surface area (Å²) in [5, 5.41) is 4.56. The number of nitrogens with one attached hydrogen (secondary N) is 2. The Morgan fingerprint density at radius 2 is 1.93 bits per heavy atom. The number of nitrogens with zero attached hydrogens (tertiary/aromatic N) is 1. The molecule has 4 amide bonds. The Morgan fingerprint density at radius 3 is 2.56 bits per heavy atom. The number of sulfonamides is 1. The highest BCUT2D eigenvalue weighted by Crippen LogP contribution is 2.29. The van der Waals surface area contributed by atoms with E-state index in [-0.39, 0.29) is 16.5 Å². The minimum absolute atomic E-state index is 0.0344. The number of imide groups is 1. The summed E-state index contributed by atoms with van der Waals surface area (Å²) in [7, 11) is -4.15. The third-order valence-electron chi connectivity index (χ3n) is 4.01. The molecule has 10 nitrogen and oxygen atoms in total. The SMILES string of the molecule is CC(OC(=O)CN1C(=O)c2ccccc2S1(=O)=O)C(=O)NC(=O)NC1CC1. The Bertz CT molecular complexity index is 924. The second-order valence-electron chi connectivity index (χ2n) is 6.18. The largest absolute Gasteiger partial charge is 0.451 e. The molecule has 1 heterocycles. The molecule has 1 unspecified atom stereocenters. The summed E-state index contributed by atoms with van der Waals surface area (Å²) in [6, 6.07) is 4.93. The summed E-state index contributed by atoms with van der Waals surface area (Å²) < 4.78 is 30.0. The van der Waals surface area contributed by atoms with E-state index in [1.54, 1.807) is 0 Å². The first-order chi connectivity index (χ1) is 12.7. The predicted molar refractivity (Wildman–Crippen MR) is 89.9 cm³/mol. The Hall–Kier alpha value is -2.95. The molecular formula is C16H17N3O7S. The van der Waals surface area contributed by atoms with E-state index >= 15 is 0 Å². The lowest BCUT2D eigenvalue weighted by Crippen LogP contribution is -2.46. The highest BCUT2D eigenvalue weighted by molar-refractivity contribution is 7.90. The van der Waals surface area contributed by atoms with Gasteiger partial charge in [0.2, 0.25) is 0 Å². The maximum absolute atomic E-state index is 12.4. The molecule has 1 aliphatic carbocycles. The summed E-state index contributed by atoms with van der Waals surface area (Å²) in [5.41, 5.74) is -0.0344. The van der Waals surface area contributed by atoms with Crippen LogP contribution >= 0.6 is 0 Å². The van der Waals surface area contributed by atoms with Crippen molar-refractivity contribution < 1.29 is 32.3 Å². The number of hydrogen-bond donors (Lipinski definition) is 2. The molecule has 1 saturated carbocycles. The standard InChI is InChI=1S/C16H17N3O7S/c1-9(14(21)18-16(23)17-10-6-7-10)26-13(20)8-19-15(22)11-4-2-3-5-12(11)27(19,24)25/h2-5,9-10H,6-8H2,1H3,(H2,17,18,21,23). The van der Waals surface area contributed by atoms with Crippen molar-refractivity contribution >= 4 is 33.8 Å². The topological polar surface area (TPSA) is 139 Å². The molecule has 1 atom stereocenters. The normalized spacial score (nSPS) is 18.4. The fourth-order valence-electron chi connectivity index (χ4n) is 2.46. The molecule has 27 heavy (non-hydrogen) atoms. The van der Waals surface area contributed by atoms with Crippen LogP contribution in [-0.2, 0) is 24.3 Å². The van der Waals surface area contributed by atoms with Gasteiger partial charge >= 0.3 is 12.0 Å². The Labute approximate surface area is 154 Å². The molecule has 0 bridgehead atoms. The van der Waals surface area contributed by atoms with Crippen molar-refractivity contribution in [1.82, 2.24) is 14.9 Å². The van der Waals surface area contributed by atoms with Gasteiger partial charge in [0.05, 0.1) is 5.56 Å². The highest BCUT2D eigenvalue weighted by Gasteiger charge is 2.42. The van der Waals surface area contributed by atoms with Gasteiger partial charge in [-0.05, 0) is 31.9 Å². The molecule has 144 valence electrons. The van der Waals surface area contributed by atoms with Gasteiger partial charge in [0.1, 0.15) is 11.4 Å². The van der Waals surface area contributed by atoms with E-state index in [4.69, 9.17) is 4.74 Å².